The van der Waals surface area contributed by atoms with Gasteiger partial charge in [-0.25, -0.2) is 0 Å². The average Bonchev–Trinajstić information content (AvgIpc) is 2.61. The molecule has 72 valence electrons. The van der Waals surface area contributed by atoms with E-state index in [1.54, 1.807) is 11.3 Å². The Morgan fingerprint density at radius 1 is 1.54 bits per heavy atom. The third-order valence-electron chi connectivity index (χ3n) is 1.65. The van der Waals surface area contributed by atoms with Gasteiger partial charge in [-0.2, -0.15) is 0 Å². The predicted molar refractivity (Wildman–Crippen MR) is 56.3 cm³/mol. The van der Waals surface area contributed by atoms with Gasteiger partial charge >= 0.3 is 0 Å². The largest absolute Gasteiger partial charge is 0.350 e. The molecule has 0 aliphatic heterocycles. The summed E-state index contributed by atoms with van der Waals surface area (Å²) >= 11 is 7.07. The highest BCUT2D eigenvalue weighted by atomic mass is 35.5. The summed E-state index contributed by atoms with van der Waals surface area (Å²) in [6.45, 7) is 2.71. The molecular weight excluding hydrogens is 206 g/mol. The average molecular weight is 218 g/mol. The van der Waals surface area contributed by atoms with Crippen molar-refractivity contribution in [3.63, 3.8) is 0 Å². The van der Waals surface area contributed by atoms with Gasteiger partial charge in [0.1, 0.15) is 5.88 Å². The fourth-order valence-corrected chi connectivity index (χ4v) is 1.93. The Morgan fingerprint density at radius 2 is 2.23 bits per heavy atom. The van der Waals surface area contributed by atoms with Crippen LogP contribution in [0.25, 0.3) is 0 Å². The molecule has 0 bridgehead atoms. The smallest absolute Gasteiger partial charge is 0.235 e. The second-order valence-corrected chi connectivity index (χ2v) is 4.15. The summed E-state index contributed by atoms with van der Waals surface area (Å²) in [6.07, 6.45) is 1.05. The number of halogens is 1. The zero-order valence-corrected chi connectivity index (χ0v) is 9.04. The van der Waals surface area contributed by atoms with Crippen LogP contribution in [0.1, 0.15) is 16.7 Å². The van der Waals surface area contributed by atoms with Crippen molar-refractivity contribution in [3.05, 3.63) is 21.9 Å². The van der Waals surface area contributed by atoms with Crippen LogP contribution < -0.4 is 5.32 Å². The molecule has 13 heavy (non-hydrogen) atoms. The van der Waals surface area contributed by atoms with E-state index in [1.165, 1.54) is 9.75 Å². The van der Waals surface area contributed by atoms with Crippen molar-refractivity contribution >= 4 is 28.8 Å². The van der Waals surface area contributed by atoms with Crippen LogP contribution in [-0.4, -0.2) is 11.8 Å². The molecule has 0 radical (unpaired) electrons. The second kappa shape index (κ2) is 5.25. The minimum absolute atomic E-state index is 0.0337. The van der Waals surface area contributed by atoms with Crippen molar-refractivity contribution in [2.45, 2.75) is 19.9 Å². The highest BCUT2D eigenvalue weighted by molar-refractivity contribution is 7.11. The number of rotatable bonds is 4. The van der Waals surface area contributed by atoms with Gasteiger partial charge in [0, 0.05) is 9.75 Å². The van der Waals surface area contributed by atoms with E-state index in [-0.39, 0.29) is 11.8 Å². The summed E-state index contributed by atoms with van der Waals surface area (Å²) in [5.74, 6) is -0.0837. The van der Waals surface area contributed by atoms with E-state index >= 15 is 0 Å². The van der Waals surface area contributed by atoms with E-state index < -0.39 is 0 Å². The molecule has 4 heteroatoms. The van der Waals surface area contributed by atoms with Crippen LogP contribution in [0, 0.1) is 0 Å². The zero-order chi connectivity index (χ0) is 9.68. The molecule has 0 unspecified atom stereocenters. The lowest BCUT2D eigenvalue weighted by Crippen LogP contribution is -2.23. The Balaban J connectivity index is 2.41. The van der Waals surface area contributed by atoms with E-state index in [2.05, 4.69) is 18.3 Å². The molecule has 1 aromatic heterocycles. The number of alkyl halides is 1. The molecule has 0 aliphatic carbocycles. The van der Waals surface area contributed by atoms with Crippen LogP contribution in [0.2, 0.25) is 0 Å². The molecule has 1 N–H and O–H groups in total. The number of carbonyl (C=O) groups is 1. The molecule has 2 nitrogen and oxygen atoms in total. The Morgan fingerprint density at radius 3 is 2.77 bits per heavy atom. The second-order valence-electron chi connectivity index (χ2n) is 2.63. The molecule has 1 rings (SSSR count). The number of aryl methyl sites for hydroxylation is 1. The van der Waals surface area contributed by atoms with Crippen molar-refractivity contribution in [1.82, 2.24) is 5.32 Å². The molecule has 0 aliphatic rings. The van der Waals surface area contributed by atoms with Crippen LogP contribution >= 0.6 is 22.9 Å². The number of hydrogen-bond acceptors (Lipinski definition) is 2. The number of hydrogen-bond donors (Lipinski definition) is 1. The van der Waals surface area contributed by atoms with Gasteiger partial charge in [-0.1, -0.05) is 6.92 Å². The van der Waals surface area contributed by atoms with E-state index in [4.69, 9.17) is 11.6 Å². The van der Waals surface area contributed by atoms with Gasteiger partial charge in [-0.05, 0) is 18.6 Å². The third kappa shape index (κ3) is 3.36. The van der Waals surface area contributed by atoms with Gasteiger partial charge in [0.25, 0.3) is 0 Å². The maximum Gasteiger partial charge on any atom is 0.235 e. The first-order valence-electron chi connectivity index (χ1n) is 4.16. The van der Waals surface area contributed by atoms with Gasteiger partial charge in [0.15, 0.2) is 0 Å². The third-order valence-corrected chi connectivity index (χ3v) is 3.12. The summed E-state index contributed by atoms with van der Waals surface area (Å²) in [7, 11) is 0. The van der Waals surface area contributed by atoms with E-state index in [0.29, 0.717) is 6.54 Å². The molecule has 0 saturated heterocycles. The van der Waals surface area contributed by atoms with Crippen LogP contribution in [0.15, 0.2) is 12.1 Å². The molecule has 1 heterocycles. The lowest BCUT2D eigenvalue weighted by atomic mass is 10.3. The minimum Gasteiger partial charge on any atom is -0.350 e. The summed E-state index contributed by atoms with van der Waals surface area (Å²) in [5.41, 5.74) is 0. The number of thiophene rings is 1. The summed E-state index contributed by atoms with van der Waals surface area (Å²) in [5, 5.41) is 2.73. The SMILES string of the molecule is CCc1ccc(CNC(=O)CCl)s1. The standard InChI is InChI=1S/C9H12ClNOS/c1-2-7-3-4-8(13-7)6-11-9(12)5-10/h3-4H,2,5-6H2,1H3,(H,11,12). The Bertz CT molecular complexity index is 285. The van der Waals surface area contributed by atoms with Gasteiger partial charge in [0.2, 0.25) is 5.91 Å². The lowest BCUT2D eigenvalue weighted by Gasteiger charge is -1.98. The highest BCUT2D eigenvalue weighted by Crippen LogP contribution is 2.16. The zero-order valence-electron chi connectivity index (χ0n) is 7.47. The predicted octanol–water partition coefficient (Wildman–Crippen LogP) is 2.17. The van der Waals surface area contributed by atoms with Crippen LogP contribution in [-0.2, 0) is 17.8 Å². The Kier molecular flexibility index (Phi) is 4.25. The fourth-order valence-electron chi connectivity index (χ4n) is 0.940. The number of amides is 1. The first kappa shape index (κ1) is 10.5. The van der Waals surface area contributed by atoms with Gasteiger partial charge in [0.05, 0.1) is 6.54 Å². The van der Waals surface area contributed by atoms with Gasteiger partial charge in [-0.15, -0.1) is 22.9 Å². The van der Waals surface area contributed by atoms with E-state index in [1.807, 2.05) is 6.07 Å². The molecule has 0 spiro atoms. The number of carbonyl (C=O) groups excluding carboxylic acids is 1. The van der Waals surface area contributed by atoms with Crippen molar-refractivity contribution in [2.24, 2.45) is 0 Å². The minimum atomic E-state index is -0.117. The Labute approximate surface area is 86.9 Å². The van der Waals surface area contributed by atoms with Gasteiger partial charge < -0.3 is 5.32 Å². The topological polar surface area (TPSA) is 29.1 Å². The summed E-state index contributed by atoms with van der Waals surface area (Å²) < 4.78 is 0. The summed E-state index contributed by atoms with van der Waals surface area (Å²) in [6, 6.07) is 4.13. The molecule has 0 aromatic carbocycles. The van der Waals surface area contributed by atoms with Crippen LogP contribution in [0.4, 0.5) is 0 Å². The first-order valence-corrected chi connectivity index (χ1v) is 5.51. The normalized spacial score (nSPS) is 10.0. The molecular formula is C9H12ClNOS. The van der Waals surface area contributed by atoms with Crippen molar-refractivity contribution in [1.29, 1.82) is 0 Å². The van der Waals surface area contributed by atoms with Crippen LogP contribution in [0.5, 0.6) is 0 Å². The first-order chi connectivity index (χ1) is 6.26. The molecule has 0 fully saturated rings. The number of nitrogens with one attached hydrogen (secondary N) is 1. The quantitative estimate of drug-likeness (QED) is 0.770. The monoisotopic (exact) mass is 217 g/mol. The van der Waals surface area contributed by atoms with E-state index in [0.717, 1.165) is 6.42 Å². The molecule has 1 aromatic rings. The van der Waals surface area contributed by atoms with Crippen LogP contribution in [0.3, 0.4) is 0 Å². The van der Waals surface area contributed by atoms with Crippen molar-refractivity contribution in [3.8, 4) is 0 Å². The van der Waals surface area contributed by atoms with Crippen molar-refractivity contribution < 1.29 is 4.79 Å². The van der Waals surface area contributed by atoms with Gasteiger partial charge in [-0.3, -0.25) is 4.79 Å². The summed E-state index contributed by atoms with van der Waals surface area (Å²) in [4.78, 5) is 13.3. The fraction of sp³-hybridized carbons (Fsp3) is 0.444. The maximum atomic E-state index is 10.8. The molecule has 0 atom stereocenters. The lowest BCUT2D eigenvalue weighted by molar-refractivity contribution is -0.118. The maximum absolute atomic E-state index is 10.8. The Hall–Kier alpha value is -0.540. The highest BCUT2D eigenvalue weighted by Gasteiger charge is 2.00. The van der Waals surface area contributed by atoms with E-state index in [9.17, 15) is 4.79 Å². The molecule has 1 amide bonds. The van der Waals surface area contributed by atoms with Crippen molar-refractivity contribution in [2.75, 3.05) is 5.88 Å². The molecule has 0 saturated carbocycles.